The highest BCUT2D eigenvalue weighted by molar-refractivity contribution is 7.25. The molecule has 1 fully saturated rings. The topological polar surface area (TPSA) is 79.2 Å². The molecule has 0 aromatic heterocycles. The van der Waals surface area contributed by atoms with Crippen LogP contribution in [-0.2, 0) is 9.26 Å². The van der Waals surface area contributed by atoms with Crippen LogP contribution in [0.2, 0.25) is 0 Å². The Morgan fingerprint density at radius 3 is 2.92 bits per heavy atom. The minimum absolute atomic E-state index is 0.118. The number of aliphatic hydroxyl groups excluding tert-OH is 1. The Bertz CT molecular complexity index is 151. The van der Waals surface area contributed by atoms with E-state index in [1.165, 1.54) is 0 Å². The minimum atomic E-state index is -1.12. The predicted octanol–water partition coefficient (Wildman–Crippen LogP) is -0.986. The normalized spacial score (nSPS) is 43.0. The van der Waals surface area contributed by atoms with Gasteiger partial charge in [0, 0.05) is 0 Å². The van der Waals surface area contributed by atoms with E-state index in [9.17, 15) is 5.11 Å². The van der Waals surface area contributed by atoms with Gasteiger partial charge in [-0.1, -0.05) is 0 Å². The molecule has 0 saturated carbocycles. The van der Waals surface area contributed by atoms with Crippen LogP contribution < -0.4 is 0 Å². The Morgan fingerprint density at radius 1 is 1.75 bits per heavy atom. The summed E-state index contributed by atoms with van der Waals surface area (Å²) in [7, 11) is -0.704. The zero-order valence-corrected chi connectivity index (χ0v) is 7.73. The Kier molecular flexibility index (Phi) is 3.40. The van der Waals surface area contributed by atoms with Gasteiger partial charge in [0.25, 0.3) is 0 Å². The van der Waals surface area contributed by atoms with Crippen molar-refractivity contribution in [3.63, 3.8) is 0 Å². The zero-order chi connectivity index (χ0) is 9.19. The lowest BCUT2D eigenvalue weighted by atomic mass is 10.00. The van der Waals surface area contributed by atoms with Crippen LogP contribution in [0, 0.1) is 0 Å². The molecule has 0 aliphatic carbocycles. The maximum absolute atomic E-state index is 9.62. The highest BCUT2D eigenvalue weighted by Gasteiger charge is 2.46. The number of hydrogen-bond donors (Lipinski definition) is 3. The van der Waals surface area contributed by atoms with Gasteiger partial charge >= 0.3 is 0 Å². The van der Waals surface area contributed by atoms with Crippen LogP contribution in [0.3, 0.4) is 0 Å². The highest BCUT2D eigenvalue weighted by Crippen LogP contribution is 2.30. The molecule has 5 nitrogen and oxygen atoms in total. The quantitative estimate of drug-likeness (QED) is 0.505. The van der Waals surface area contributed by atoms with Crippen molar-refractivity contribution < 1.29 is 24.4 Å². The summed E-state index contributed by atoms with van der Waals surface area (Å²) in [5, 5.41) is 18.4. The van der Waals surface area contributed by atoms with Crippen molar-refractivity contribution in [1.82, 2.24) is 0 Å². The van der Waals surface area contributed by atoms with Crippen LogP contribution in [0.1, 0.15) is 6.92 Å². The van der Waals surface area contributed by atoms with Gasteiger partial charge in [-0.15, -0.1) is 0 Å². The van der Waals surface area contributed by atoms with E-state index in [2.05, 4.69) is 0 Å². The van der Waals surface area contributed by atoms with E-state index >= 15 is 0 Å². The Balaban J connectivity index is 2.59. The van der Waals surface area contributed by atoms with E-state index in [0.29, 0.717) is 0 Å². The molecule has 0 spiro atoms. The number of rotatable bonds is 3. The summed E-state index contributed by atoms with van der Waals surface area (Å²) in [6.45, 7) is 1.45. The SMILES string of the molecule is C[C@]1(O)CO[C@H](CO)C1OPO. The molecule has 0 aromatic carbocycles. The second-order valence-corrected chi connectivity index (χ2v) is 3.44. The molecular formula is C6H13O5P. The Hall–Kier alpha value is 0.230. The molecule has 1 heterocycles. The van der Waals surface area contributed by atoms with Gasteiger partial charge in [0.15, 0.2) is 9.03 Å². The first kappa shape index (κ1) is 10.3. The first-order valence-corrected chi connectivity index (χ1v) is 4.47. The summed E-state index contributed by atoms with van der Waals surface area (Å²) in [6.07, 6.45) is -1.19. The van der Waals surface area contributed by atoms with Gasteiger partial charge in [-0.2, -0.15) is 0 Å². The fourth-order valence-electron chi connectivity index (χ4n) is 1.25. The second kappa shape index (κ2) is 3.96. The zero-order valence-electron chi connectivity index (χ0n) is 6.73. The largest absolute Gasteiger partial charge is 0.394 e. The van der Waals surface area contributed by atoms with Gasteiger partial charge < -0.3 is 24.4 Å². The molecule has 1 rings (SSSR count). The van der Waals surface area contributed by atoms with Gasteiger partial charge in [-0.05, 0) is 6.92 Å². The van der Waals surface area contributed by atoms with Crippen LogP contribution in [0.4, 0.5) is 0 Å². The summed E-state index contributed by atoms with van der Waals surface area (Å²) in [5.41, 5.74) is -1.12. The molecule has 1 aliphatic heterocycles. The van der Waals surface area contributed by atoms with Gasteiger partial charge in [-0.3, -0.25) is 0 Å². The molecule has 6 heteroatoms. The fourth-order valence-corrected chi connectivity index (χ4v) is 1.77. The van der Waals surface area contributed by atoms with Gasteiger partial charge in [0.05, 0.1) is 13.2 Å². The number of hydrogen-bond acceptors (Lipinski definition) is 5. The second-order valence-electron chi connectivity index (χ2n) is 3.02. The van der Waals surface area contributed by atoms with Crippen molar-refractivity contribution in [2.75, 3.05) is 13.2 Å². The predicted molar refractivity (Wildman–Crippen MR) is 42.9 cm³/mol. The van der Waals surface area contributed by atoms with Crippen LogP contribution in [0.25, 0.3) is 0 Å². The molecular weight excluding hydrogens is 183 g/mol. The first-order chi connectivity index (χ1) is 5.61. The third kappa shape index (κ3) is 1.93. The molecule has 72 valence electrons. The van der Waals surface area contributed by atoms with E-state index in [1.807, 2.05) is 0 Å². The molecule has 0 bridgehead atoms. The molecule has 1 aliphatic rings. The lowest BCUT2D eigenvalue weighted by Crippen LogP contribution is -2.42. The molecule has 3 N–H and O–H groups in total. The fraction of sp³-hybridized carbons (Fsp3) is 1.00. The van der Waals surface area contributed by atoms with Crippen molar-refractivity contribution in [3.8, 4) is 0 Å². The molecule has 1 saturated heterocycles. The average Bonchev–Trinajstić information content (AvgIpc) is 2.29. The smallest absolute Gasteiger partial charge is 0.152 e. The molecule has 2 unspecified atom stereocenters. The van der Waals surface area contributed by atoms with Crippen molar-refractivity contribution >= 4 is 9.03 Å². The number of ether oxygens (including phenoxy) is 1. The summed E-state index contributed by atoms with van der Waals surface area (Å²) in [4.78, 5) is 8.53. The van der Waals surface area contributed by atoms with Crippen LogP contribution in [-0.4, -0.2) is 46.1 Å². The summed E-state index contributed by atoms with van der Waals surface area (Å²) >= 11 is 0. The monoisotopic (exact) mass is 196 g/mol. The molecule has 0 amide bonds. The lowest BCUT2D eigenvalue weighted by Gasteiger charge is -2.24. The summed E-state index contributed by atoms with van der Waals surface area (Å²) in [5.74, 6) is 0. The standard InChI is InChI=1S/C6H13O5P/c1-6(8)3-10-4(2-7)5(6)11-12-9/h4-5,7-9,12H,2-3H2,1H3/t4-,5?,6+/m1/s1. The maximum atomic E-state index is 9.62. The van der Waals surface area contributed by atoms with E-state index in [0.717, 1.165) is 0 Å². The summed E-state index contributed by atoms with van der Waals surface area (Å²) in [6, 6.07) is 0. The van der Waals surface area contributed by atoms with Crippen molar-refractivity contribution in [2.24, 2.45) is 0 Å². The first-order valence-electron chi connectivity index (χ1n) is 3.61. The molecule has 0 radical (unpaired) electrons. The van der Waals surface area contributed by atoms with Crippen molar-refractivity contribution in [3.05, 3.63) is 0 Å². The lowest BCUT2D eigenvalue weighted by molar-refractivity contribution is -0.0249. The van der Waals surface area contributed by atoms with Gasteiger partial charge in [0.2, 0.25) is 0 Å². The third-order valence-corrected chi connectivity index (χ3v) is 2.26. The van der Waals surface area contributed by atoms with E-state index in [4.69, 9.17) is 19.3 Å². The molecule has 4 atom stereocenters. The highest BCUT2D eigenvalue weighted by atomic mass is 31.1. The molecule has 12 heavy (non-hydrogen) atoms. The van der Waals surface area contributed by atoms with Crippen molar-refractivity contribution in [1.29, 1.82) is 0 Å². The number of aliphatic hydroxyl groups is 2. The summed E-state index contributed by atoms with van der Waals surface area (Å²) < 4.78 is 9.92. The average molecular weight is 196 g/mol. The Labute approximate surface area is 72.3 Å². The third-order valence-electron chi connectivity index (χ3n) is 1.90. The van der Waals surface area contributed by atoms with Crippen LogP contribution in [0.15, 0.2) is 0 Å². The van der Waals surface area contributed by atoms with E-state index in [-0.39, 0.29) is 13.2 Å². The van der Waals surface area contributed by atoms with Gasteiger partial charge in [-0.25, -0.2) is 0 Å². The van der Waals surface area contributed by atoms with E-state index in [1.54, 1.807) is 6.92 Å². The minimum Gasteiger partial charge on any atom is -0.394 e. The van der Waals surface area contributed by atoms with E-state index < -0.39 is 26.8 Å². The van der Waals surface area contributed by atoms with Crippen molar-refractivity contribution in [2.45, 2.75) is 24.7 Å². The van der Waals surface area contributed by atoms with Gasteiger partial charge in [0.1, 0.15) is 17.8 Å². The Morgan fingerprint density at radius 2 is 2.42 bits per heavy atom. The van der Waals surface area contributed by atoms with Crippen LogP contribution in [0.5, 0.6) is 0 Å². The van der Waals surface area contributed by atoms with Crippen LogP contribution >= 0.6 is 9.03 Å². The molecule has 0 aromatic rings. The maximum Gasteiger partial charge on any atom is 0.152 e.